The first-order chi connectivity index (χ1) is 14.5. The molecule has 3 aromatic carbocycles. The molecule has 5 rings (SSSR count). The standard InChI is InChI=1S/C24H17ClN2O3/c1-4-12-9-17-15(11-19(12)30-3)20-18(27(17)2)10-14(13-7-5-6-8-16(13)25)21-22(20)24(29)26-23(21)28/h4-11H,1H2,2-3H3,(H,26,28,29). The third-order valence-corrected chi connectivity index (χ3v) is 6.04. The zero-order valence-electron chi connectivity index (χ0n) is 16.4. The number of aryl methyl sites for hydroxylation is 1. The Kier molecular flexibility index (Phi) is 3.98. The molecule has 148 valence electrons. The molecule has 1 aromatic heterocycles. The summed E-state index contributed by atoms with van der Waals surface area (Å²) >= 11 is 6.44. The highest BCUT2D eigenvalue weighted by atomic mass is 35.5. The summed E-state index contributed by atoms with van der Waals surface area (Å²) in [5.41, 5.74) is 4.63. The fraction of sp³-hybridized carbons (Fsp3) is 0.0833. The molecule has 0 aliphatic carbocycles. The van der Waals surface area contributed by atoms with Gasteiger partial charge in [-0.25, -0.2) is 0 Å². The van der Waals surface area contributed by atoms with Gasteiger partial charge in [0.05, 0.1) is 23.8 Å². The highest BCUT2D eigenvalue weighted by Crippen LogP contribution is 2.43. The lowest BCUT2D eigenvalue weighted by Gasteiger charge is -2.10. The molecular weight excluding hydrogens is 400 g/mol. The van der Waals surface area contributed by atoms with Gasteiger partial charge in [0.2, 0.25) is 0 Å². The van der Waals surface area contributed by atoms with Crippen LogP contribution in [-0.2, 0) is 7.05 Å². The van der Waals surface area contributed by atoms with Crippen LogP contribution in [0.2, 0.25) is 5.02 Å². The van der Waals surface area contributed by atoms with E-state index in [9.17, 15) is 9.59 Å². The van der Waals surface area contributed by atoms with Gasteiger partial charge in [0, 0.05) is 39.5 Å². The van der Waals surface area contributed by atoms with E-state index < -0.39 is 11.8 Å². The molecule has 30 heavy (non-hydrogen) atoms. The van der Waals surface area contributed by atoms with E-state index in [-0.39, 0.29) is 0 Å². The van der Waals surface area contributed by atoms with E-state index in [1.807, 2.05) is 48.0 Å². The largest absolute Gasteiger partial charge is 0.496 e. The molecular formula is C24H17ClN2O3. The van der Waals surface area contributed by atoms with E-state index in [2.05, 4.69) is 11.9 Å². The zero-order chi connectivity index (χ0) is 21.2. The maximum Gasteiger partial charge on any atom is 0.259 e. The summed E-state index contributed by atoms with van der Waals surface area (Å²) in [6.07, 6.45) is 1.73. The highest BCUT2D eigenvalue weighted by molar-refractivity contribution is 6.36. The molecule has 4 aromatic rings. The summed E-state index contributed by atoms with van der Waals surface area (Å²) in [6.45, 7) is 3.86. The summed E-state index contributed by atoms with van der Waals surface area (Å²) in [7, 11) is 3.52. The number of nitrogens with zero attached hydrogens (tertiary/aromatic N) is 1. The van der Waals surface area contributed by atoms with Gasteiger partial charge >= 0.3 is 0 Å². The van der Waals surface area contributed by atoms with Crippen molar-refractivity contribution < 1.29 is 14.3 Å². The molecule has 2 amide bonds. The number of hydrogen-bond donors (Lipinski definition) is 1. The monoisotopic (exact) mass is 416 g/mol. The first-order valence-corrected chi connectivity index (χ1v) is 9.74. The van der Waals surface area contributed by atoms with Crippen molar-refractivity contribution in [3.05, 3.63) is 70.8 Å². The van der Waals surface area contributed by atoms with Crippen molar-refractivity contribution in [2.45, 2.75) is 0 Å². The van der Waals surface area contributed by atoms with Crippen LogP contribution < -0.4 is 10.1 Å². The fourth-order valence-corrected chi connectivity index (χ4v) is 4.55. The molecule has 2 heterocycles. The smallest absolute Gasteiger partial charge is 0.259 e. The van der Waals surface area contributed by atoms with Gasteiger partial charge < -0.3 is 9.30 Å². The van der Waals surface area contributed by atoms with Crippen molar-refractivity contribution >= 4 is 51.3 Å². The van der Waals surface area contributed by atoms with Gasteiger partial charge in [-0.05, 0) is 29.8 Å². The number of imide groups is 1. The zero-order valence-corrected chi connectivity index (χ0v) is 17.1. The molecule has 0 atom stereocenters. The second kappa shape index (κ2) is 6.47. The Labute approximate surface area is 177 Å². The van der Waals surface area contributed by atoms with Crippen molar-refractivity contribution in [1.29, 1.82) is 0 Å². The average Bonchev–Trinajstić information content (AvgIpc) is 3.20. The summed E-state index contributed by atoms with van der Waals surface area (Å²) in [6, 6.07) is 13.1. The molecule has 6 heteroatoms. The summed E-state index contributed by atoms with van der Waals surface area (Å²) in [5.74, 6) is -0.176. The van der Waals surface area contributed by atoms with E-state index in [1.54, 1.807) is 19.3 Å². The van der Waals surface area contributed by atoms with E-state index in [0.29, 0.717) is 33.0 Å². The number of carbonyl (C=O) groups excluding carboxylic acids is 2. The molecule has 0 saturated heterocycles. The third-order valence-electron chi connectivity index (χ3n) is 5.71. The number of amides is 2. The summed E-state index contributed by atoms with van der Waals surface area (Å²) in [4.78, 5) is 25.6. The lowest BCUT2D eigenvalue weighted by molar-refractivity contribution is 0.0880. The Hall–Kier alpha value is -3.57. The molecule has 0 fully saturated rings. The number of benzene rings is 3. The van der Waals surface area contributed by atoms with Gasteiger partial charge in [0.25, 0.3) is 11.8 Å². The Morgan fingerprint density at radius 3 is 2.47 bits per heavy atom. The first kappa shape index (κ1) is 18.5. The van der Waals surface area contributed by atoms with Crippen LogP contribution in [0.25, 0.3) is 39.0 Å². The van der Waals surface area contributed by atoms with E-state index in [0.717, 1.165) is 27.4 Å². The number of nitrogens with one attached hydrogen (secondary N) is 1. The summed E-state index contributed by atoms with van der Waals surface area (Å²) < 4.78 is 7.52. The van der Waals surface area contributed by atoms with Crippen molar-refractivity contribution in [1.82, 2.24) is 9.88 Å². The van der Waals surface area contributed by atoms with Crippen molar-refractivity contribution in [3.63, 3.8) is 0 Å². The van der Waals surface area contributed by atoms with Gasteiger partial charge in [-0.3, -0.25) is 14.9 Å². The van der Waals surface area contributed by atoms with Gasteiger partial charge in [-0.1, -0.05) is 42.5 Å². The molecule has 1 N–H and O–H groups in total. The second-order valence-corrected chi connectivity index (χ2v) is 7.61. The molecule has 0 radical (unpaired) electrons. The second-order valence-electron chi connectivity index (χ2n) is 7.21. The molecule has 1 aliphatic heterocycles. The van der Waals surface area contributed by atoms with Crippen LogP contribution in [0.15, 0.2) is 49.0 Å². The Balaban J connectivity index is 2.01. The Morgan fingerprint density at radius 2 is 1.77 bits per heavy atom. The highest BCUT2D eigenvalue weighted by Gasteiger charge is 2.34. The van der Waals surface area contributed by atoms with Gasteiger partial charge in [-0.2, -0.15) is 0 Å². The Bertz CT molecular complexity index is 1430. The molecule has 1 aliphatic rings. The number of rotatable bonds is 3. The van der Waals surface area contributed by atoms with Crippen molar-refractivity contribution in [3.8, 4) is 16.9 Å². The number of carbonyl (C=O) groups is 2. The number of aromatic nitrogens is 1. The van der Waals surface area contributed by atoms with Crippen LogP contribution in [0.3, 0.4) is 0 Å². The van der Waals surface area contributed by atoms with Crippen LogP contribution in [0.4, 0.5) is 0 Å². The van der Waals surface area contributed by atoms with Crippen LogP contribution in [0, 0.1) is 0 Å². The quantitative estimate of drug-likeness (QED) is 0.468. The van der Waals surface area contributed by atoms with Crippen molar-refractivity contribution in [2.24, 2.45) is 7.05 Å². The van der Waals surface area contributed by atoms with Gasteiger partial charge in [0.1, 0.15) is 5.75 Å². The number of halogens is 1. The number of fused-ring (bicyclic) bond motifs is 5. The predicted octanol–water partition coefficient (Wildman–Crippen LogP) is 5.19. The number of hydrogen-bond acceptors (Lipinski definition) is 3. The third kappa shape index (κ3) is 2.36. The molecule has 0 unspecified atom stereocenters. The van der Waals surface area contributed by atoms with Gasteiger partial charge in [0.15, 0.2) is 0 Å². The van der Waals surface area contributed by atoms with Crippen LogP contribution in [-0.4, -0.2) is 23.5 Å². The van der Waals surface area contributed by atoms with E-state index in [4.69, 9.17) is 16.3 Å². The average molecular weight is 417 g/mol. The maximum atomic E-state index is 12.9. The lowest BCUT2D eigenvalue weighted by atomic mass is 9.92. The number of ether oxygens (including phenoxy) is 1. The topological polar surface area (TPSA) is 60.3 Å². The minimum atomic E-state index is -0.418. The fourth-order valence-electron chi connectivity index (χ4n) is 4.32. The molecule has 5 nitrogen and oxygen atoms in total. The first-order valence-electron chi connectivity index (χ1n) is 9.36. The van der Waals surface area contributed by atoms with Crippen LogP contribution in [0.1, 0.15) is 26.3 Å². The summed E-state index contributed by atoms with van der Waals surface area (Å²) in [5, 5.41) is 4.52. The normalized spacial score (nSPS) is 13.0. The SMILES string of the molecule is C=Cc1cc2c(cc1OC)c1c3c(c(-c4ccccc4Cl)cc1n2C)C(=O)NC3=O. The molecule has 0 bridgehead atoms. The molecule has 0 spiro atoms. The Morgan fingerprint density at radius 1 is 1.03 bits per heavy atom. The lowest BCUT2D eigenvalue weighted by Crippen LogP contribution is -2.20. The van der Waals surface area contributed by atoms with Crippen LogP contribution >= 0.6 is 11.6 Å². The maximum absolute atomic E-state index is 12.9. The van der Waals surface area contributed by atoms with Gasteiger partial charge in [-0.15, -0.1) is 0 Å². The molecule has 0 saturated carbocycles. The van der Waals surface area contributed by atoms with E-state index >= 15 is 0 Å². The minimum Gasteiger partial charge on any atom is -0.496 e. The van der Waals surface area contributed by atoms with Crippen LogP contribution in [0.5, 0.6) is 5.75 Å². The number of methoxy groups -OCH3 is 1. The van der Waals surface area contributed by atoms with Crippen molar-refractivity contribution in [2.75, 3.05) is 7.11 Å². The minimum absolute atomic E-state index is 0.347. The predicted molar refractivity (Wildman–Crippen MR) is 119 cm³/mol. The van der Waals surface area contributed by atoms with E-state index in [1.165, 1.54) is 0 Å².